The zero-order valence-corrected chi connectivity index (χ0v) is 66.9. The number of ether oxygens (including phenoxy) is 2. The van der Waals surface area contributed by atoms with Crippen molar-refractivity contribution in [2.75, 3.05) is 102 Å². The number of rotatable bonds is 20. The number of likely N-dealkylation sites (N-methyl/N-ethyl adjacent to an activating group) is 6. The van der Waals surface area contributed by atoms with Gasteiger partial charge in [0, 0.05) is 88.4 Å². The van der Waals surface area contributed by atoms with Crippen molar-refractivity contribution in [2.45, 2.75) is 246 Å². The molecule has 28 heteroatoms. The van der Waals surface area contributed by atoms with Crippen molar-refractivity contribution in [3.05, 3.63) is 35.9 Å². The average molecular weight is 1480 g/mol. The largest absolute Gasteiger partial charge is 0.391 e. The molecule has 4 rings (SSSR count). The van der Waals surface area contributed by atoms with Crippen LogP contribution < -0.4 is 26.6 Å². The minimum atomic E-state index is -1.70. The van der Waals surface area contributed by atoms with E-state index in [2.05, 4.69) is 26.6 Å². The number of benzene rings is 1. The Morgan fingerprint density at radius 2 is 0.952 bits per heavy atom. The zero-order chi connectivity index (χ0) is 78.9. The molecule has 1 unspecified atom stereocenters. The lowest BCUT2D eigenvalue weighted by Crippen LogP contribution is -2.63. The lowest BCUT2D eigenvalue weighted by molar-refractivity contribution is -0.152. The normalized spacial score (nSPS) is 26.6. The zero-order valence-electron chi connectivity index (χ0n) is 66.9. The summed E-state index contributed by atoms with van der Waals surface area (Å²) in [6.07, 6.45) is 1.16. The molecule has 6 N–H and O–H groups in total. The molecule has 0 spiro atoms. The summed E-state index contributed by atoms with van der Waals surface area (Å²) in [5.41, 5.74) is 0.680. The summed E-state index contributed by atoms with van der Waals surface area (Å²) in [5, 5.41) is 26.3. The molecule has 0 aromatic heterocycles. The lowest BCUT2D eigenvalue weighted by atomic mass is 9.94. The Morgan fingerprint density at radius 1 is 0.505 bits per heavy atom. The summed E-state index contributed by atoms with van der Waals surface area (Å²) in [7, 11) is 10.2. The number of morpholine rings is 1. The molecule has 13 atom stereocenters. The number of nitrogens with one attached hydrogen (secondary N) is 5. The molecule has 3 aliphatic rings. The second kappa shape index (κ2) is 43.5. The molecule has 28 nitrogen and oxygen atoms in total. The van der Waals surface area contributed by atoms with Gasteiger partial charge in [0.05, 0.1) is 45.0 Å². The fourth-order valence-electron chi connectivity index (χ4n) is 13.7. The van der Waals surface area contributed by atoms with Crippen LogP contribution >= 0.6 is 0 Å². The van der Waals surface area contributed by atoms with Crippen LogP contribution in [-0.2, 0) is 73.4 Å². The van der Waals surface area contributed by atoms with Gasteiger partial charge in [-0.3, -0.25) is 57.5 Å². The highest BCUT2D eigenvalue weighted by Crippen LogP contribution is 2.25. The van der Waals surface area contributed by atoms with Crippen LogP contribution in [0.5, 0.6) is 0 Å². The third-order valence-electron chi connectivity index (χ3n) is 20.5. The number of piperidine rings is 1. The van der Waals surface area contributed by atoms with E-state index in [-0.39, 0.29) is 100 Å². The highest BCUT2D eigenvalue weighted by atomic mass is 16.5. The molecule has 3 saturated heterocycles. The van der Waals surface area contributed by atoms with E-state index in [4.69, 9.17) is 9.47 Å². The molecule has 12 amide bonds. The van der Waals surface area contributed by atoms with Gasteiger partial charge < -0.3 is 80.4 Å². The molecule has 594 valence electrons. The quantitative estimate of drug-likeness (QED) is 0.109. The van der Waals surface area contributed by atoms with Crippen LogP contribution in [0.25, 0.3) is 0 Å². The van der Waals surface area contributed by atoms with Gasteiger partial charge in [0.1, 0.15) is 60.4 Å². The molecule has 3 fully saturated rings. The molecule has 0 aliphatic carbocycles. The van der Waals surface area contributed by atoms with Gasteiger partial charge in [0.15, 0.2) is 0 Å². The van der Waals surface area contributed by atoms with Crippen molar-refractivity contribution in [1.82, 2.24) is 65.8 Å². The van der Waals surface area contributed by atoms with E-state index in [9.17, 15) is 24.3 Å². The topological polar surface area (TPSA) is 330 Å². The van der Waals surface area contributed by atoms with Crippen LogP contribution in [0, 0.1) is 35.5 Å². The highest BCUT2D eigenvalue weighted by Gasteiger charge is 2.45. The number of amides is 12. The molecule has 3 heterocycles. The summed E-state index contributed by atoms with van der Waals surface area (Å²) < 4.78 is 11.9. The molecule has 105 heavy (non-hydrogen) atoms. The smallest absolute Gasteiger partial charge is 0.248 e. The van der Waals surface area contributed by atoms with Gasteiger partial charge >= 0.3 is 0 Å². The first kappa shape index (κ1) is 90.1. The molecule has 1 aromatic rings. The highest BCUT2D eigenvalue weighted by molar-refractivity contribution is 6.00. The Kier molecular flexibility index (Phi) is 37.3. The second-order valence-corrected chi connectivity index (χ2v) is 31.7. The predicted octanol–water partition coefficient (Wildman–Crippen LogP) is 3.45. The molecular weight excluding hydrogens is 1350 g/mol. The Hall–Kier alpha value is -7.30. The van der Waals surface area contributed by atoms with Crippen LogP contribution in [0.2, 0.25) is 0 Å². The van der Waals surface area contributed by atoms with E-state index in [0.717, 1.165) is 16.2 Å². The fraction of sp³-hybridized carbons (Fsp3) is 0.766. The SMILES string of the molecule is CC[C@H](C)[C@@H]1NC(=O)[C@H](CC(C)C)N(C)C(=O)CCCN(C)C(=O)C[C@@H](C(=O)N2CCCCC2)NC(=O)[C@H](CC(C)C)N(C)C(=O)[C@H](CC(C)C)N(C)C(=O)C([C@@H](C)O)NC(=O)[C@H](CC(C)C)N(C)C(=O)[C@H](COC[C@@H]2COCCN2)NC(=O)[C@H](CC(C)C)N(C)C(=O)[C@H](Cc2ccccc2)N(C)C1=O. The molecule has 0 bridgehead atoms. The monoisotopic (exact) mass is 1480 g/mol. The Bertz CT molecular complexity index is 3010. The van der Waals surface area contributed by atoms with Crippen molar-refractivity contribution in [3.63, 3.8) is 0 Å². The van der Waals surface area contributed by atoms with E-state index < -0.39 is 156 Å². The Labute approximate surface area is 625 Å². The summed E-state index contributed by atoms with van der Waals surface area (Å²) >= 11 is 0. The third kappa shape index (κ3) is 27.2. The van der Waals surface area contributed by atoms with Crippen molar-refractivity contribution < 1.29 is 72.1 Å². The number of carbonyl (C=O) groups is 12. The Balaban J connectivity index is 1.96. The van der Waals surface area contributed by atoms with Crippen molar-refractivity contribution >= 4 is 70.9 Å². The first-order valence-corrected chi connectivity index (χ1v) is 38.3. The summed E-state index contributed by atoms with van der Waals surface area (Å²) in [6, 6.07) is -4.53. The van der Waals surface area contributed by atoms with Gasteiger partial charge in [-0.2, -0.15) is 0 Å². The van der Waals surface area contributed by atoms with Gasteiger partial charge in [-0.05, 0) is 106 Å². The van der Waals surface area contributed by atoms with Crippen LogP contribution in [-0.4, -0.2) is 290 Å². The maximum absolute atomic E-state index is 15.6. The molecule has 0 saturated carbocycles. The second-order valence-electron chi connectivity index (χ2n) is 31.7. The summed E-state index contributed by atoms with van der Waals surface area (Å²) in [5.74, 6) is -9.42. The fourth-order valence-corrected chi connectivity index (χ4v) is 13.7. The van der Waals surface area contributed by atoms with E-state index in [1.165, 1.54) is 80.8 Å². The van der Waals surface area contributed by atoms with E-state index >= 15 is 38.4 Å². The standard InChI is InChI=1S/C77H131N13O15/c1-21-52(12)66-76(102)89(20)63(42-54-29-24-22-25-30-54)75(101)87(18)60(39-49(6)7)69(95)80-57(46-105-45-55-44-104-36-32-78-55)72(98)85(16)61(40-50(8)9)71(97)82-67(53(13)91)77(103)88(19)62(41-51(10)11)74(100)86(17)59(38-48(4)5)68(94)79-56(73(99)90-34-26-23-27-35-90)43-65(93)83(14)33-28-31-64(92)84(15)58(37-47(2)3)70(96)81-66/h22,24-25,29-30,47-53,55-63,66-67,78,91H,21,23,26-28,31-46H2,1-20H3,(H,79,94)(H,80,95)(H,81,96)(H,82,97)/t52-,53+,55-,56-,57-,58-,59-,60-,61-,62-,63-,66-,67?/m0/s1. The van der Waals surface area contributed by atoms with Crippen molar-refractivity contribution in [1.29, 1.82) is 0 Å². The number of likely N-dealkylation sites (tertiary alicyclic amines) is 1. The number of aliphatic hydroxyl groups is 1. The van der Waals surface area contributed by atoms with Gasteiger partial charge in [-0.25, -0.2) is 0 Å². The maximum Gasteiger partial charge on any atom is 0.248 e. The molecular formula is C77H131N13O15. The minimum Gasteiger partial charge on any atom is -0.391 e. The number of carbonyl (C=O) groups excluding carboxylic acids is 12. The van der Waals surface area contributed by atoms with Gasteiger partial charge in [-0.15, -0.1) is 0 Å². The number of aliphatic hydroxyl groups excluding tert-OH is 1. The van der Waals surface area contributed by atoms with Gasteiger partial charge in [0.25, 0.3) is 0 Å². The maximum atomic E-state index is 15.6. The predicted molar refractivity (Wildman–Crippen MR) is 401 cm³/mol. The van der Waals surface area contributed by atoms with E-state index in [1.807, 2.05) is 94.4 Å². The number of nitrogens with zero attached hydrogens (tertiary/aromatic N) is 8. The van der Waals surface area contributed by atoms with Crippen LogP contribution in [0.1, 0.15) is 173 Å². The lowest BCUT2D eigenvalue weighted by Gasteiger charge is -2.39. The summed E-state index contributed by atoms with van der Waals surface area (Å²) in [6.45, 7) is 25.4. The van der Waals surface area contributed by atoms with Crippen LogP contribution in [0.15, 0.2) is 30.3 Å². The van der Waals surface area contributed by atoms with Crippen molar-refractivity contribution in [3.8, 4) is 0 Å². The third-order valence-corrected chi connectivity index (χ3v) is 20.5. The first-order chi connectivity index (χ1) is 49.3. The number of hydrogen-bond acceptors (Lipinski definition) is 16. The van der Waals surface area contributed by atoms with Gasteiger partial charge in [0.2, 0.25) is 70.9 Å². The van der Waals surface area contributed by atoms with Crippen LogP contribution in [0.3, 0.4) is 0 Å². The molecule has 0 radical (unpaired) electrons. The first-order valence-electron chi connectivity index (χ1n) is 38.3. The Morgan fingerprint density at radius 3 is 1.45 bits per heavy atom. The van der Waals surface area contributed by atoms with Crippen LogP contribution in [0.4, 0.5) is 0 Å². The molecule has 1 aromatic carbocycles. The summed E-state index contributed by atoms with van der Waals surface area (Å²) in [4.78, 5) is 191. The van der Waals surface area contributed by atoms with E-state index in [1.54, 1.807) is 24.0 Å². The minimum absolute atomic E-state index is 0.0163. The molecule has 3 aliphatic heterocycles. The van der Waals surface area contributed by atoms with E-state index in [0.29, 0.717) is 57.7 Å². The average Bonchev–Trinajstić information content (AvgIpc) is 0.812. The number of hydrogen-bond donors (Lipinski definition) is 6. The van der Waals surface area contributed by atoms with Crippen molar-refractivity contribution in [2.24, 2.45) is 35.5 Å². The van der Waals surface area contributed by atoms with Gasteiger partial charge in [-0.1, -0.05) is 120 Å².